The van der Waals surface area contributed by atoms with Gasteiger partial charge in [0.25, 0.3) is 0 Å². The Kier molecular flexibility index (Phi) is 2.60. The average Bonchev–Trinajstić information content (AvgIpc) is 2.87. The zero-order valence-electron chi connectivity index (χ0n) is 12.0. The Labute approximate surface area is 110 Å². The molecule has 0 aromatic carbocycles. The summed E-state index contributed by atoms with van der Waals surface area (Å²) in [7, 11) is 2.02. The second-order valence-corrected chi connectivity index (χ2v) is 6.99. The number of rotatable bonds is 3. The Balaban J connectivity index is 1.71. The predicted octanol–water partition coefficient (Wildman–Crippen LogP) is 2.72. The number of aromatic nitrogens is 2. The maximum atomic E-state index is 4.23. The van der Waals surface area contributed by atoms with Crippen LogP contribution in [-0.4, -0.2) is 15.8 Å². The molecule has 18 heavy (non-hydrogen) atoms. The van der Waals surface area contributed by atoms with Crippen LogP contribution >= 0.6 is 0 Å². The van der Waals surface area contributed by atoms with E-state index in [1.165, 1.54) is 25.0 Å². The van der Waals surface area contributed by atoms with Crippen molar-refractivity contribution >= 4 is 0 Å². The first kappa shape index (κ1) is 12.2. The number of hydrogen-bond acceptors (Lipinski definition) is 2. The summed E-state index contributed by atoms with van der Waals surface area (Å²) in [6, 6.07) is 2.77. The van der Waals surface area contributed by atoms with Crippen LogP contribution in [0.2, 0.25) is 0 Å². The molecule has 0 unspecified atom stereocenters. The lowest BCUT2D eigenvalue weighted by Crippen LogP contribution is -2.44. The van der Waals surface area contributed by atoms with Crippen LogP contribution in [0.15, 0.2) is 12.3 Å². The van der Waals surface area contributed by atoms with E-state index in [1.807, 2.05) is 17.9 Å². The highest BCUT2D eigenvalue weighted by Gasteiger charge is 2.60. The monoisotopic (exact) mass is 247 g/mol. The maximum Gasteiger partial charge on any atom is 0.0518 e. The van der Waals surface area contributed by atoms with E-state index in [2.05, 4.69) is 37.3 Å². The predicted molar refractivity (Wildman–Crippen MR) is 73.1 cm³/mol. The van der Waals surface area contributed by atoms with Crippen LogP contribution in [0.1, 0.15) is 45.7 Å². The van der Waals surface area contributed by atoms with Crippen LogP contribution in [0, 0.1) is 16.7 Å². The first-order valence-electron chi connectivity index (χ1n) is 7.15. The molecule has 1 heterocycles. The summed E-state index contributed by atoms with van der Waals surface area (Å²) in [6.07, 6.45) is 6.03. The standard InChI is InChI=1S/C15H25N3/c1-14(2)11-5-7-15(14,3)13(9-11)16-10-12-6-8-17-18(12)4/h6,8,11,13,16H,5,7,9-10H2,1-4H3/t11-,13+,15-/m1/s1. The zero-order chi connectivity index (χ0) is 13.0. The minimum atomic E-state index is 0.469. The van der Waals surface area contributed by atoms with Crippen molar-refractivity contribution in [2.45, 2.75) is 52.6 Å². The molecule has 2 bridgehead atoms. The van der Waals surface area contributed by atoms with Crippen molar-refractivity contribution in [2.24, 2.45) is 23.8 Å². The average molecular weight is 247 g/mol. The zero-order valence-corrected chi connectivity index (χ0v) is 12.0. The highest BCUT2D eigenvalue weighted by atomic mass is 15.3. The van der Waals surface area contributed by atoms with Crippen LogP contribution in [0.3, 0.4) is 0 Å². The summed E-state index contributed by atoms with van der Waals surface area (Å²) < 4.78 is 1.97. The molecule has 3 rings (SSSR count). The van der Waals surface area contributed by atoms with Crippen molar-refractivity contribution in [3.05, 3.63) is 18.0 Å². The summed E-state index contributed by atoms with van der Waals surface area (Å²) in [5.41, 5.74) is 2.24. The fourth-order valence-corrected chi connectivity index (χ4v) is 4.31. The van der Waals surface area contributed by atoms with Crippen LogP contribution in [0.4, 0.5) is 0 Å². The summed E-state index contributed by atoms with van der Waals surface area (Å²) in [5, 5.41) is 8.02. The largest absolute Gasteiger partial charge is 0.308 e. The Hall–Kier alpha value is -0.830. The van der Waals surface area contributed by atoms with Gasteiger partial charge >= 0.3 is 0 Å². The van der Waals surface area contributed by atoms with Crippen molar-refractivity contribution in [1.29, 1.82) is 0 Å². The molecule has 0 aliphatic heterocycles. The third-order valence-corrected chi connectivity index (χ3v) is 6.25. The third-order valence-electron chi connectivity index (χ3n) is 6.25. The third kappa shape index (κ3) is 1.49. The van der Waals surface area contributed by atoms with Crippen molar-refractivity contribution in [1.82, 2.24) is 15.1 Å². The molecular formula is C15H25N3. The van der Waals surface area contributed by atoms with E-state index in [-0.39, 0.29) is 0 Å². The lowest BCUT2D eigenvalue weighted by atomic mass is 9.69. The molecule has 2 fully saturated rings. The second-order valence-electron chi connectivity index (χ2n) is 6.99. The number of hydrogen-bond donors (Lipinski definition) is 1. The van der Waals surface area contributed by atoms with E-state index >= 15 is 0 Å². The number of nitrogens with zero attached hydrogens (tertiary/aromatic N) is 2. The van der Waals surface area contributed by atoms with Gasteiger partial charge in [-0.1, -0.05) is 20.8 Å². The minimum absolute atomic E-state index is 0.469. The van der Waals surface area contributed by atoms with E-state index < -0.39 is 0 Å². The van der Waals surface area contributed by atoms with Gasteiger partial charge in [-0.05, 0) is 42.1 Å². The second kappa shape index (κ2) is 3.83. The Bertz CT molecular complexity index is 448. The molecule has 1 aromatic heterocycles. The van der Waals surface area contributed by atoms with Gasteiger partial charge in [0.15, 0.2) is 0 Å². The fourth-order valence-electron chi connectivity index (χ4n) is 4.31. The molecule has 2 saturated carbocycles. The van der Waals surface area contributed by atoms with Crippen LogP contribution in [0.25, 0.3) is 0 Å². The summed E-state index contributed by atoms with van der Waals surface area (Å²) >= 11 is 0. The van der Waals surface area contributed by atoms with Gasteiger partial charge in [-0.3, -0.25) is 4.68 Å². The van der Waals surface area contributed by atoms with E-state index in [0.717, 1.165) is 12.5 Å². The van der Waals surface area contributed by atoms with Gasteiger partial charge < -0.3 is 5.32 Å². The van der Waals surface area contributed by atoms with Crippen LogP contribution < -0.4 is 5.32 Å². The molecule has 100 valence electrons. The molecule has 3 heteroatoms. The number of nitrogens with one attached hydrogen (secondary N) is 1. The smallest absolute Gasteiger partial charge is 0.0518 e. The maximum absolute atomic E-state index is 4.23. The minimum Gasteiger partial charge on any atom is -0.308 e. The lowest BCUT2D eigenvalue weighted by molar-refractivity contribution is 0.120. The number of aryl methyl sites for hydroxylation is 1. The van der Waals surface area contributed by atoms with Crippen molar-refractivity contribution < 1.29 is 0 Å². The summed E-state index contributed by atoms with van der Waals surface area (Å²) in [4.78, 5) is 0. The van der Waals surface area contributed by atoms with Crippen molar-refractivity contribution in [3.63, 3.8) is 0 Å². The quantitative estimate of drug-likeness (QED) is 0.890. The normalized spacial score (nSPS) is 37.3. The number of fused-ring (bicyclic) bond motifs is 2. The summed E-state index contributed by atoms with van der Waals surface area (Å²) in [5.74, 6) is 0.909. The van der Waals surface area contributed by atoms with Gasteiger partial charge in [0.1, 0.15) is 0 Å². The highest BCUT2D eigenvalue weighted by Crippen LogP contribution is 2.65. The Morgan fingerprint density at radius 1 is 1.44 bits per heavy atom. The SMILES string of the molecule is Cn1nccc1CN[C@H]1C[C@H]2CC[C@@]1(C)C2(C)C. The van der Waals surface area contributed by atoms with E-state index in [9.17, 15) is 0 Å². The molecule has 1 N–H and O–H groups in total. The first-order chi connectivity index (χ1) is 8.45. The lowest BCUT2D eigenvalue weighted by Gasteiger charge is -2.39. The molecule has 3 nitrogen and oxygen atoms in total. The van der Waals surface area contributed by atoms with Gasteiger partial charge in [0, 0.05) is 25.8 Å². The fraction of sp³-hybridized carbons (Fsp3) is 0.800. The van der Waals surface area contributed by atoms with Crippen molar-refractivity contribution in [2.75, 3.05) is 0 Å². The molecule has 1 aromatic rings. The summed E-state index contributed by atoms with van der Waals surface area (Å²) in [6.45, 7) is 8.37. The van der Waals surface area contributed by atoms with Gasteiger partial charge in [-0.25, -0.2) is 0 Å². The topological polar surface area (TPSA) is 29.9 Å². The van der Waals surface area contributed by atoms with E-state index in [0.29, 0.717) is 16.9 Å². The Morgan fingerprint density at radius 2 is 2.22 bits per heavy atom. The van der Waals surface area contributed by atoms with Gasteiger partial charge in [-0.2, -0.15) is 5.10 Å². The van der Waals surface area contributed by atoms with Crippen LogP contribution in [0.5, 0.6) is 0 Å². The molecule has 2 aliphatic rings. The van der Waals surface area contributed by atoms with Gasteiger partial charge in [0.2, 0.25) is 0 Å². The molecule has 0 saturated heterocycles. The molecule has 0 spiro atoms. The van der Waals surface area contributed by atoms with Crippen molar-refractivity contribution in [3.8, 4) is 0 Å². The van der Waals surface area contributed by atoms with Gasteiger partial charge in [-0.15, -0.1) is 0 Å². The van der Waals surface area contributed by atoms with E-state index in [4.69, 9.17) is 0 Å². The molecule has 3 atom stereocenters. The molecule has 0 amide bonds. The Morgan fingerprint density at radius 3 is 2.72 bits per heavy atom. The van der Waals surface area contributed by atoms with E-state index in [1.54, 1.807) is 0 Å². The highest BCUT2D eigenvalue weighted by molar-refractivity contribution is 5.13. The van der Waals surface area contributed by atoms with Crippen LogP contribution in [-0.2, 0) is 13.6 Å². The molecule has 0 radical (unpaired) electrons. The van der Waals surface area contributed by atoms with Gasteiger partial charge in [0.05, 0.1) is 5.69 Å². The molecule has 2 aliphatic carbocycles. The first-order valence-corrected chi connectivity index (χ1v) is 7.15. The molecular weight excluding hydrogens is 222 g/mol.